The van der Waals surface area contributed by atoms with Crippen LogP contribution in [0.2, 0.25) is 0 Å². The number of benzene rings is 1. The first kappa shape index (κ1) is 14.5. The van der Waals surface area contributed by atoms with Crippen molar-refractivity contribution in [1.29, 1.82) is 0 Å². The van der Waals surface area contributed by atoms with Gasteiger partial charge in [0.25, 0.3) is 0 Å². The third-order valence-electron chi connectivity index (χ3n) is 3.58. The summed E-state index contributed by atoms with van der Waals surface area (Å²) >= 11 is 1.99. The minimum Gasteiger partial charge on any atom is -0.497 e. The molecule has 3 nitrogen and oxygen atoms in total. The summed E-state index contributed by atoms with van der Waals surface area (Å²) in [6.07, 6.45) is 6.15. The highest BCUT2D eigenvalue weighted by Gasteiger charge is 2.22. The van der Waals surface area contributed by atoms with Crippen molar-refractivity contribution in [3.63, 3.8) is 0 Å². The summed E-state index contributed by atoms with van der Waals surface area (Å²) in [5.41, 5.74) is 0. The first-order valence-electron chi connectivity index (χ1n) is 6.85. The Morgan fingerprint density at radius 3 is 2.58 bits per heavy atom. The molecule has 0 aliphatic heterocycles. The van der Waals surface area contributed by atoms with Crippen LogP contribution >= 0.6 is 11.8 Å². The summed E-state index contributed by atoms with van der Waals surface area (Å²) in [6, 6.07) is 8.40. The van der Waals surface area contributed by atoms with Gasteiger partial charge < -0.3 is 14.8 Å². The van der Waals surface area contributed by atoms with Crippen LogP contribution in [-0.4, -0.2) is 37.8 Å². The zero-order valence-corrected chi connectivity index (χ0v) is 12.5. The molecule has 0 saturated heterocycles. The Hall–Kier alpha value is -0.870. The average molecular weight is 281 g/mol. The van der Waals surface area contributed by atoms with Crippen LogP contribution in [0.1, 0.15) is 19.3 Å². The molecule has 2 rings (SSSR count). The first-order chi connectivity index (χ1) is 9.31. The van der Waals surface area contributed by atoms with Gasteiger partial charge in [0.15, 0.2) is 0 Å². The van der Waals surface area contributed by atoms with Crippen LogP contribution in [-0.2, 0) is 0 Å². The van der Waals surface area contributed by atoms with E-state index in [0.29, 0.717) is 12.6 Å². The summed E-state index contributed by atoms with van der Waals surface area (Å²) in [4.78, 5) is 0. The number of thioether (sulfide) groups is 1. The molecule has 0 amide bonds. The minimum absolute atomic E-state index is 0.678. The molecule has 0 heterocycles. The van der Waals surface area contributed by atoms with Crippen LogP contribution in [0, 0.1) is 0 Å². The summed E-state index contributed by atoms with van der Waals surface area (Å²) in [7, 11) is 1.67. The summed E-state index contributed by atoms with van der Waals surface area (Å²) in [5.74, 6) is 1.76. The predicted octanol–water partition coefficient (Wildman–Crippen LogP) is 2.95. The van der Waals surface area contributed by atoms with E-state index in [1.54, 1.807) is 7.11 Å². The Labute approximate surface area is 120 Å². The SMILES string of the molecule is COc1ccc(OCCNC2CCC(SC)C2)cc1. The third-order valence-corrected chi connectivity index (χ3v) is 4.68. The van der Waals surface area contributed by atoms with Crippen LogP contribution in [0.3, 0.4) is 0 Å². The maximum absolute atomic E-state index is 5.70. The van der Waals surface area contributed by atoms with Crippen molar-refractivity contribution in [1.82, 2.24) is 5.32 Å². The lowest BCUT2D eigenvalue weighted by Crippen LogP contribution is -2.30. The van der Waals surface area contributed by atoms with Crippen molar-refractivity contribution in [3.8, 4) is 11.5 Å². The van der Waals surface area contributed by atoms with Crippen molar-refractivity contribution in [3.05, 3.63) is 24.3 Å². The molecule has 0 aromatic heterocycles. The molecule has 1 N–H and O–H groups in total. The second kappa shape index (κ2) is 7.65. The lowest BCUT2D eigenvalue weighted by Gasteiger charge is -2.13. The van der Waals surface area contributed by atoms with Gasteiger partial charge in [-0.05, 0) is 49.8 Å². The largest absolute Gasteiger partial charge is 0.497 e. The van der Waals surface area contributed by atoms with E-state index in [1.807, 2.05) is 36.0 Å². The first-order valence-corrected chi connectivity index (χ1v) is 8.13. The lowest BCUT2D eigenvalue weighted by atomic mass is 10.2. The molecule has 1 aliphatic rings. The zero-order valence-electron chi connectivity index (χ0n) is 11.7. The zero-order chi connectivity index (χ0) is 13.5. The number of hydrogen-bond acceptors (Lipinski definition) is 4. The van der Waals surface area contributed by atoms with Crippen molar-refractivity contribution < 1.29 is 9.47 Å². The van der Waals surface area contributed by atoms with E-state index in [4.69, 9.17) is 9.47 Å². The van der Waals surface area contributed by atoms with E-state index >= 15 is 0 Å². The van der Waals surface area contributed by atoms with Crippen molar-refractivity contribution in [2.24, 2.45) is 0 Å². The van der Waals surface area contributed by atoms with Crippen molar-refractivity contribution in [2.45, 2.75) is 30.6 Å². The van der Waals surface area contributed by atoms with Crippen molar-refractivity contribution in [2.75, 3.05) is 26.5 Å². The third kappa shape index (κ3) is 4.62. The highest BCUT2D eigenvalue weighted by molar-refractivity contribution is 7.99. The summed E-state index contributed by atoms with van der Waals surface area (Å²) in [5, 5.41) is 4.42. The predicted molar refractivity (Wildman–Crippen MR) is 81.4 cm³/mol. The second-order valence-electron chi connectivity index (χ2n) is 4.85. The van der Waals surface area contributed by atoms with Gasteiger partial charge in [0, 0.05) is 17.8 Å². The Morgan fingerprint density at radius 2 is 1.95 bits per heavy atom. The molecular formula is C15H23NO2S. The van der Waals surface area contributed by atoms with Gasteiger partial charge in [-0.2, -0.15) is 11.8 Å². The van der Waals surface area contributed by atoms with Gasteiger partial charge >= 0.3 is 0 Å². The van der Waals surface area contributed by atoms with Gasteiger partial charge in [0.2, 0.25) is 0 Å². The molecule has 0 spiro atoms. The number of nitrogens with one attached hydrogen (secondary N) is 1. The number of hydrogen-bond donors (Lipinski definition) is 1. The van der Waals surface area contributed by atoms with E-state index in [0.717, 1.165) is 23.3 Å². The molecule has 0 bridgehead atoms. The van der Waals surface area contributed by atoms with Crippen LogP contribution in [0.25, 0.3) is 0 Å². The van der Waals surface area contributed by atoms with Gasteiger partial charge in [-0.1, -0.05) is 0 Å². The fraction of sp³-hybridized carbons (Fsp3) is 0.600. The molecule has 1 fully saturated rings. The van der Waals surface area contributed by atoms with E-state index in [1.165, 1.54) is 19.3 Å². The van der Waals surface area contributed by atoms with Crippen LogP contribution in [0.15, 0.2) is 24.3 Å². The number of rotatable bonds is 7. The van der Waals surface area contributed by atoms with E-state index in [-0.39, 0.29) is 0 Å². The maximum Gasteiger partial charge on any atom is 0.119 e. The lowest BCUT2D eigenvalue weighted by molar-refractivity contribution is 0.304. The second-order valence-corrected chi connectivity index (χ2v) is 5.98. The quantitative estimate of drug-likeness (QED) is 0.778. The van der Waals surface area contributed by atoms with E-state index in [2.05, 4.69) is 11.6 Å². The molecule has 2 unspecified atom stereocenters. The Bertz CT molecular complexity index is 369. The highest BCUT2D eigenvalue weighted by atomic mass is 32.2. The molecular weight excluding hydrogens is 258 g/mol. The Balaban J connectivity index is 1.61. The topological polar surface area (TPSA) is 30.5 Å². The molecule has 4 heteroatoms. The Kier molecular flexibility index (Phi) is 5.86. The van der Waals surface area contributed by atoms with Gasteiger partial charge in [-0.25, -0.2) is 0 Å². The number of ether oxygens (including phenoxy) is 2. The van der Waals surface area contributed by atoms with Crippen LogP contribution in [0.4, 0.5) is 0 Å². The fourth-order valence-corrected chi connectivity index (χ4v) is 3.24. The summed E-state index contributed by atoms with van der Waals surface area (Å²) < 4.78 is 10.8. The van der Waals surface area contributed by atoms with Crippen LogP contribution < -0.4 is 14.8 Å². The van der Waals surface area contributed by atoms with Gasteiger partial charge in [0.05, 0.1) is 7.11 Å². The molecule has 1 aromatic carbocycles. The van der Waals surface area contributed by atoms with Gasteiger partial charge in [0.1, 0.15) is 18.1 Å². The molecule has 1 aromatic rings. The molecule has 19 heavy (non-hydrogen) atoms. The Morgan fingerprint density at radius 1 is 1.21 bits per heavy atom. The van der Waals surface area contributed by atoms with E-state index in [9.17, 15) is 0 Å². The van der Waals surface area contributed by atoms with Crippen LogP contribution in [0.5, 0.6) is 11.5 Å². The molecule has 1 saturated carbocycles. The monoisotopic (exact) mass is 281 g/mol. The highest BCUT2D eigenvalue weighted by Crippen LogP contribution is 2.27. The molecule has 106 valence electrons. The smallest absolute Gasteiger partial charge is 0.119 e. The van der Waals surface area contributed by atoms with E-state index < -0.39 is 0 Å². The van der Waals surface area contributed by atoms with Gasteiger partial charge in [-0.15, -0.1) is 0 Å². The average Bonchev–Trinajstić information content (AvgIpc) is 2.92. The summed E-state index contributed by atoms with van der Waals surface area (Å²) in [6.45, 7) is 1.63. The molecule has 2 atom stereocenters. The maximum atomic E-state index is 5.70. The molecule has 0 radical (unpaired) electrons. The molecule has 1 aliphatic carbocycles. The fourth-order valence-electron chi connectivity index (χ4n) is 2.44. The number of methoxy groups -OCH3 is 1. The van der Waals surface area contributed by atoms with Crippen molar-refractivity contribution >= 4 is 11.8 Å². The van der Waals surface area contributed by atoms with Gasteiger partial charge in [-0.3, -0.25) is 0 Å². The normalized spacial score (nSPS) is 22.4. The standard InChI is InChI=1S/C15H23NO2S/c1-17-13-4-6-14(7-5-13)18-10-9-16-12-3-8-15(11-12)19-2/h4-7,12,15-16H,3,8-11H2,1-2H3. The minimum atomic E-state index is 0.678.